The van der Waals surface area contributed by atoms with Gasteiger partial charge in [0, 0.05) is 67.0 Å². The predicted octanol–water partition coefficient (Wildman–Crippen LogP) is 20.3. The van der Waals surface area contributed by atoms with Gasteiger partial charge >= 0.3 is 0 Å². The van der Waals surface area contributed by atoms with Crippen molar-refractivity contribution in [2.75, 3.05) is 9.80 Å². The van der Waals surface area contributed by atoms with Crippen LogP contribution in [-0.2, 0) is 0 Å². The fourth-order valence-electron chi connectivity index (χ4n) is 11.3. The molecule has 0 saturated heterocycles. The minimum absolute atomic E-state index is 1.08. The molecule has 4 nitrogen and oxygen atoms in total. The largest absolute Gasteiger partial charge is 0.310 e. The second kappa shape index (κ2) is 20.0. The number of benzene rings is 12. The molecule has 14 rings (SSSR count). The summed E-state index contributed by atoms with van der Waals surface area (Å²) in [4.78, 5) is 4.72. The van der Waals surface area contributed by atoms with Gasteiger partial charge in [-0.05, 0) is 167 Å². The molecule has 0 radical (unpaired) electrons. The number of hydrogen-bond donors (Lipinski definition) is 0. The van der Waals surface area contributed by atoms with Crippen molar-refractivity contribution in [2.24, 2.45) is 0 Å². The molecule has 0 fully saturated rings. The number of nitrogens with zero attached hydrogens (tertiary/aromatic N) is 4. The molecule has 14 aromatic rings. The molecule has 12 aromatic carbocycles. The van der Waals surface area contributed by atoms with Gasteiger partial charge in [0.15, 0.2) is 0 Å². The molecule has 0 N–H and O–H groups in total. The van der Waals surface area contributed by atoms with Crippen molar-refractivity contribution >= 4 is 89.9 Å². The molecule has 0 atom stereocenters. The highest BCUT2D eigenvalue weighted by molar-refractivity contribution is 6.13. The average molecular weight is 997 g/mol. The molecule has 2 aromatic heterocycles. The zero-order valence-electron chi connectivity index (χ0n) is 42.8. The summed E-state index contributed by atoms with van der Waals surface area (Å²) in [5, 5.41) is 4.84. The van der Waals surface area contributed by atoms with Crippen LogP contribution in [0.25, 0.3) is 89.4 Å². The fraction of sp³-hybridized carbons (Fsp3) is 0. The van der Waals surface area contributed by atoms with Crippen molar-refractivity contribution in [2.45, 2.75) is 0 Å². The lowest BCUT2D eigenvalue weighted by Crippen LogP contribution is -2.09. The van der Waals surface area contributed by atoms with Crippen molar-refractivity contribution in [3.8, 4) is 33.6 Å². The number of hydrogen-bond acceptors (Lipinski definition) is 2. The van der Waals surface area contributed by atoms with E-state index in [0.29, 0.717) is 0 Å². The van der Waals surface area contributed by atoms with Crippen LogP contribution in [0.15, 0.2) is 303 Å². The number of fused-ring (bicyclic) bond motifs is 6. The Morgan fingerprint density at radius 2 is 0.500 bits per heavy atom. The van der Waals surface area contributed by atoms with Crippen LogP contribution < -0.4 is 9.80 Å². The zero-order chi connectivity index (χ0) is 51.8. The molecule has 0 aliphatic rings. The third-order valence-corrected chi connectivity index (χ3v) is 15.1. The van der Waals surface area contributed by atoms with E-state index in [1.807, 2.05) is 0 Å². The molecular formula is C74H52N4. The van der Waals surface area contributed by atoms with E-state index in [9.17, 15) is 0 Å². The number of para-hydroxylation sites is 4. The van der Waals surface area contributed by atoms with Gasteiger partial charge in [0.25, 0.3) is 0 Å². The SMILES string of the molecule is C(=Cc1ccc(N(c2ccccc2)c2ccc3c(c2)c2cc(-c4ccccc4)ccc2n3-c2ccccc2)cc1)c1ccc(N(c2ccccc2)c2ccc3c(c2)c2cc(-c4ccccc4)ccc2n3-c2ccccc2)cc1. The minimum atomic E-state index is 1.08. The smallest absolute Gasteiger partial charge is 0.0542 e. The van der Waals surface area contributed by atoms with E-state index in [1.165, 1.54) is 65.9 Å². The van der Waals surface area contributed by atoms with Crippen LogP contribution in [0, 0.1) is 0 Å². The number of rotatable bonds is 12. The lowest BCUT2D eigenvalue weighted by atomic mass is 10.0. The van der Waals surface area contributed by atoms with Gasteiger partial charge in [-0.2, -0.15) is 0 Å². The van der Waals surface area contributed by atoms with Gasteiger partial charge in [-0.1, -0.05) is 182 Å². The van der Waals surface area contributed by atoms with Crippen molar-refractivity contribution < 1.29 is 0 Å². The second-order valence-electron chi connectivity index (χ2n) is 19.8. The molecule has 0 spiro atoms. The summed E-state index contributed by atoms with van der Waals surface area (Å²) in [5.41, 5.74) is 20.6. The van der Waals surface area contributed by atoms with Crippen LogP contribution >= 0.6 is 0 Å². The Labute approximate surface area is 454 Å². The summed E-state index contributed by atoms with van der Waals surface area (Å²) in [6.07, 6.45) is 4.41. The van der Waals surface area contributed by atoms with Gasteiger partial charge in [-0.3, -0.25) is 0 Å². The molecule has 78 heavy (non-hydrogen) atoms. The average Bonchev–Trinajstić information content (AvgIpc) is 4.26. The first-order valence-corrected chi connectivity index (χ1v) is 26.7. The lowest BCUT2D eigenvalue weighted by molar-refractivity contribution is 1.18. The number of anilines is 6. The Morgan fingerprint density at radius 3 is 0.859 bits per heavy atom. The van der Waals surface area contributed by atoms with Crippen LogP contribution in [0.1, 0.15) is 11.1 Å². The topological polar surface area (TPSA) is 16.3 Å². The summed E-state index contributed by atoms with van der Waals surface area (Å²) in [7, 11) is 0. The molecule has 2 heterocycles. The first-order valence-electron chi connectivity index (χ1n) is 26.7. The first kappa shape index (κ1) is 46.1. The standard InChI is InChI=1S/C74H52N4/c1-7-19-55(20-8-1)57-37-45-71-67(49-57)69-51-65(43-47-73(69)77(71)61-27-15-5-16-28-61)75(59-23-11-3-12-24-59)63-39-33-53(34-40-63)31-32-54-35-41-64(42-36-54)76(60-25-13-4-14-26-60)66-44-48-74-70(52-66)68-50-58(56-21-9-2-10-22-56)38-46-72(68)78(74)62-29-17-6-18-30-62/h1-52H. The van der Waals surface area contributed by atoms with Crippen LogP contribution in [-0.4, -0.2) is 9.13 Å². The maximum atomic E-state index is 2.39. The maximum Gasteiger partial charge on any atom is 0.0542 e. The molecule has 0 aliphatic carbocycles. The second-order valence-corrected chi connectivity index (χ2v) is 19.8. The Hall–Kier alpha value is -10.4. The lowest BCUT2D eigenvalue weighted by Gasteiger charge is -2.26. The summed E-state index contributed by atoms with van der Waals surface area (Å²) in [5.74, 6) is 0. The van der Waals surface area contributed by atoms with Gasteiger partial charge in [0.05, 0.1) is 22.1 Å². The Morgan fingerprint density at radius 1 is 0.218 bits per heavy atom. The molecular weight excluding hydrogens is 945 g/mol. The van der Waals surface area contributed by atoms with Crippen LogP contribution in [0.5, 0.6) is 0 Å². The first-order chi connectivity index (χ1) is 38.7. The van der Waals surface area contributed by atoms with Crippen LogP contribution in [0.3, 0.4) is 0 Å². The van der Waals surface area contributed by atoms with Crippen LogP contribution in [0.4, 0.5) is 34.1 Å². The normalized spacial score (nSPS) is 11.5. The van der Waals surface area contributed by atoms with Crippen molar-refractivity contribution in [1.29, 1.82) is 0 Å². The Bertz CT molecular complexity index is 4140. The quantitative estimate of drug-likeness (QED) is 0.113. The van der Waals surface area contributed by atoms with Gasteiger partial charge in [-0.25, -0.2) is 0 Å². The monoisotopic (exact) mass is 996 g/mol. The third kappa shape index (κ3) is 8.58. The van der Waals surface area contributed by atoms with Gasteiger partial charge in [0.2, 0.25) is 0 Å². The van der Waals surface area contributed by atoms with Crippen LogP contribution in [0.2, 0.25) is 0 Å². The molecule has 0 aliphatic heterocycles. The highest BCUT2D eigenvalue weighted by Gasteiger charge is 2.20. The van der Waals surface area contributed by atoms with Gasteiger partial charge in [-0.15, -0.1) is 0 Å². The van der Waals surface area contributed by atoms with Crippen molar-refractivity contribution in [1.82, 2.24) is 9.13 Å². The highest BCUT2D eigenvalue weighted by Crippen LogP contribution is 2.43. The summed E-state index contributed by atoms with van der Waals surface area (Å²) in [6, 6.07) is 109. The van der Waals surface area contributed by atoms with Gasteiger partial charge < -0.3 is 18.9 Å². The van der Waals surface area contributed by atoms with E-state index >= 15 is 0 Å². The summed E-state index contributed by atoms with van der Waals surface area (Å²) < 4.78 is 4.77. The molecule has 0 saturated carbocycles. The van der Waals surface area contributed by atoms with E-state index in [2.05, 4.69) is 334 Å². The van der Waals surface area contributed by atoms with Crippen molar-refractivity contribution in [3.05, 3.63) is 314 Å². The van der Waals surface area contributed by atoms with Crippen molar-refractivity contribution in [3.63, 3.8) is 0 Å². The zero-order valence-corrected chi connectivity index (χ0v) is 42.8. The predicted molar refractivity (Wildman–Crippen MR) is 331 cm³/mol. The highest BCUT2D eigenvalue weighted by atomic mass is 15.1. The Kier molecular flexibility index (Phi) is 11.8. The molecule has 4 heteroatoms. The molecule has 0 unspecified atom stereocenters. The van der Waals surface area contributed by atoms with Gasteiger partial charge in [0.1, 0.15) is 0 Å². The van der Waals surface area contributed by atoms with E-state index in [4.69, 9.17) is 0 Å². The molecule has 0 amide bonds. The molecule has 0 bridgehead atoms. The maximum absolute atomic E-state index is 2.39. The Balaban J connectivity index is 0.788. The van der Waals surface area contributed by atoms with E-state index in [-0.39, 0.29) is 0 Å². The summed E-state index contributed by atoms with van der Waals surface area (Å²) in [6.45, 7) is 0. The molecule has 368 valence electrons. The minimum Gasteiger partial charge on any atom is -0.310 e. The van der Waals surface area contributed by atoms with E-state index in [1.54, 1.807) is 0 Å². The fourth-order valence-corrected chi connectivity index (χ4v) is 11.3. The number of aromatic nitrogens is 2. The van der Waals surface area contributed by atoms with E-state index < -0.39 is 0 Å². The van der Waals surface area contributed by atoms with E-state index in [0.717, 1.165) is 56.6 Å². The third-order valence-electron chi connectivity index (χ3n) is 15.1. The summed E-state index contributed by atoms with van der Waals surface area (Å²) >= 11 is 0.